The average Bonchev–Trinajstić information content (AvgIpc) is 3.08. The van der Waals surface area contributed by atoms with E-state index in [1.54, 1.807) is 17.7 Å². The quantitative estimate of drug-likeness (QED) is 0.145. The minimum absolute atomic E-state index is 0.0607. The van der Waals surface area contributed by atoms with Gasteiger partial charge in [0.15, 0.2) is 0 Å². The molecule has 1 aliphatic rings. The Bertz CT molecular complexity index is 1720. The average molecular weight is 635 g/mol. The van der Waals surface area contributed by atoms with E-state index in [1.165, 1.54) is 6.20 Å². The van der Waals surface area contributed by atoms with Gasteiger partial charge in [-0.1, -0.05) is 55.8 Å². The van der Waals surface area contributed by atoms with Crippen LogP contribution in [-0.2, 0) is 18.3 Å². The van der Waals surface area contributed by atoms with Crippen molar-refractivity contribution < 1.29 is 9.53 Å². The minimum atomic E-state index is -0.147. The summed E-state index contributed by atoms with van der Waals surface area (Å²) in [4.78, 5) is 36.3. The van der Waals surface area contributed by atoms with Gasteiger partial charge < -0.3 is 25.3 Å². The Morgan fingerprint density at radius 2 is 1.85 bits per heavy atom. The number of aromatic nitrogens is 3. The van der Waals surface area contributed by atoms with Gasteiger partial charge in [0.05, 0.1) is 25.5 Å². The normalized spacial score (nSPS) is 13.2. The zero-order chi connectivity index (χ0) is 33.0. The molecular weight excluding hydrogens is 592 g/mol. The largest absolute Gasteiger partial charge is 0.377 e. The van der Waals surface area contributed by atoms with E-state index in [-0.39, 0.29) is 23.6 Å². The molecule has 3 N–H and O–H groups in total. The lowest BCUT2D eigenvalue weighted by atomic mass is 9.96. The Morgan fingerprint density at radius 3 is 2.53 bits per heavy atom. The molecule has 47 heavy (non-hydrogen) atoms. The molecule has 2 amide bonds. The van der Waals surface area contributed by atoms with E-state index in [1.807, 2.05) is 71.8 Å². The molecule has 1 fully saturated rings. The summed E-state index contributed by atoms with van der Waals surface area (Å²) in [5.41, 5.74) is 4.08. The molecular formula is C36H42N8O3. The monoisotopic (exact) mass is 634 g/mol. The van der Waals surface area contributed by atoms with Gasteiger partial charge >= 0.3 is 6.03 Å². The van der Waals surface area contributed by atoms with E-state index >= 15 is 0 Å². The van der Waals surface area contributed by atoms with E-state index in [2.05, 4.69) is 38.9 Å². The third-order valence-electron chi connectivity index (χ3n) is 8.23. The van der Waals surface area contributed by atoms with Crippen LogP contribution >= 0.6 is 0 Å². The highest BCUT2D eigenvalue weighted by molar-refractivity contribution is 5.92. The predicted octanol–water partition coefficient (Wildman–Crippen LogP) is 5.55. The van der Waals surface area contributed by atoms with E-state index in [0.29, 0.717) is 50.2 Å². The number of pyridine rings is 1. The molecule has 11 heteroatoms. The van der Waals surface area contributed by atoms with Gasteiger partial charge in [-0.05, 0) is 60.1 Å². The lowest BCUT2D eigenvalue weighted by Crippen LogP contribution is -2.42. The van der Waals surface area contributed by atoms with E-state index in [4.69, 9.17) is 4.74 Å². The number of carbonyl (C=O) groups is 1. The number of ether oxygens (including phenoxy) is 1. The van der Waals surface area contributed by atoms with Crippen LogP contribution in [0.4, 0.5) is 22.2 Å². The lowest BCUT2D eigenvalue weighted by molar-refractivity contribution is 0.0209. The lowest BCUT2D eigenvalue weighted by Gasteiger charge is -2.28. The van der Waals surface area contributed by atoms with Crippen molar-refractivity contribution in [3.8, 4) is 17.2 Å². The van der Waals surface area contributed by atoms with Gasteiger partial charge in [0.2, 0.25) is 11.5 Å². The van der Waals surface area contributed by atoms with Crippen LogP contribution < -0.4 is 26.4 Å². The van der Waals surface area contributed by atoms with Gasteiger partial charge in [0.25, 0.3) is 0 Å². The summed E-state index contributed by atoms with van der Waals surface area (Å²) in [6.45, 7) is 5.02. The fourth-order valence-electron chi connectivity index (χ4n) is 5.53. The van der Waals surface area contributed by atoms with Gasteiger partial charge in [-0.3, -0.25) is 9.69 Å². The molecule has 0 radical (unpaired) electrons. The highest BCUT2D eigenvalue weighted by Gasteiger charge is 2.22. The number of carbonyl (C=O) groups excluding carboxylic acids is 1. The van der Waals surface area contributed by atoms with Crippen molar-refractivity contribution in [3.63, 3.8) is 0 Å². The first kappa shape index (κ1) is 33.2. The molecule has 2 aromatic heterocycles. The summed E-state index contributed by atoms with van der Waals surface area (Å²) in [6, 6.07) is 23.3. The van der Waals surface area contributed by atoms with Crippen LogP contribution in [-0.4, -0.2) is 52.9 Å². The second kappa shape index (κ2) is 16.4. The fourth-order valence-corrected chi connectivity index (χ4v) is 5.53. The standard InChI is InChI=1S/C36H42N8O3/c1-3-8-27(11-7-18-38-35-39-21-30(19-37)34(42-35)41-31-24-47-25-31)22-44(36(46)40-20-26-9-5-4-6-10-26)32-15-12-28(13-16-32)29-14-17-33(45)43(2)23-29/h4-6,9-10,12-17,21,23,27,31H,3,7-8,11,18,20,22,24-25H2,1-2H3,(H,40,46)(H2,38,39,41,42). The Morgan fingerprint density at radius 1 is 1.09 bits per heavy atom. The number of nitriles is 1. The molecule has 5 rings (SSSR count). The first-order chi connectivity index (χ1) is 22.9. The maximum absolute atomic E-state index is 13.7. The Balaban J connectivity index is 1.25. The van der Waals surface area contributed by atoms with Gasteiger partial charge in [-0.2, -0.15) is 10.2 Å². The molecule has 1 aliphatic heterocycles. The maximum atomic E-state index is 13.7. The van der Waals surface area contributed by atoms with Crippen LogP contribution in [0.25, 0.3) is 11.1 Å². The summed E-state index contributed by atoms with van der Waals surface area (Å²) in [7, 11) is 1.74. The van der Waals surface area contributed by atoms with Crippen molar-refractivity contribution >= 4 is 23.5 Å². The van der Waals surface area contributed by atoms with Gasteiger partial charge in [0.1, 0.15) is 17.5 Å². The van der Waals surface area contributed by atoms with Crippen LogP contribution in [0.15, 0.2) is 83.9 Å². The molecule has 0 saturated carbocycles. The Labute approximate surface area is 275 Å². The zero-order valence-electron chi connectivity index (χ0n) is 27.0. The van der Waals surface area contributed by atoms with Crippen LogP contribution in [0.5, 0.6) is 0 Å². The number of anilines is 3. The second-order valence-corrected chi connectivity index (χ2v) is 11.8. The van der Waals surface area contributed by atoms with Crippen molar-refractivity contribution in [2.24, 2.45) is 13.0 Å². The summed E-state index contributed by atoms with van der Waals surface area (Å²) in [5, 5.41) is 19.1. The predicted molar refractivity (Wildman–Crippen MR) is 184 cm³/mol. The van der Waals surface area contributed by atoms with Gasteiger partial charge in [-0.25, -0.2) is 9.78 Å². The molecule has 3 heterocycles. The first-order valence-corrected chi connectivity index (χ1v) is 16.1. The molecule has 11 nitrogen and oxygen atoms in total. The number of nitrogens with zero attached hydrogens (tertiary/aromatic N) is 5. The second-order valence-electron chi connectivity index (χ2n) is 11.8. The van der Waals surface area contributed by atoms with E-state index < -0.39 is 0 Å². The molecule has 1 unspecified atom stereocenters. The van der Waals surface area contributed by atoms with Crippen molar-refractivity contribution in [2.75, 3.05) is 41.8 Å². The highest BCUT2D eigenvalue weighted by atomic mass is 16.5. The SMILES string of the molecule is CCCC(CCCNc1ncc(C#N)c(NC2COC2)n1)CN(C(=O)NCc1ccccc1)c1ccc(-c2ccc(=O)n(C)c2)cc1. The Kier molecular flexibility index (Phi) is 11.6. The van der Waals surface area contributed by atoms with Crippen molar-refractivity contribution in [1.82, 2.24) is 19.9 Å². The fraction of sp³-hybridized carbons (Fsp3) is 0.361. The van der Waals surface area contributed by atoms with Crippen LogP contribution in [0.2, 0.25) is 0 Å². The summed E-state index contributed by atoms with van der Waals surface area (Å²) in [6.07, 6.45) is 7.09. The summed E-state index contributed by atoms with van der Waals surface area (Å²) in [5.74, 6) is 1.26. The van der Waals surface area contributed by atoms with Crippen molar-refractivity contribution in [2.45, 2.75) is 45.2 Å². The number of benzene rings is 2. The number of amides is 2. The van der Waals surface area contributed by atoms with Gasteiger partial charge in [0, 0.05) is 44.6 Å². The Hall–Kier alpha value is -5.21. The number of urea groups is 1. The summed E-state index contributed by atoms with van der Waals surface area (Å²) < 4.78 is 6.78. The molecule has 4 aromatic rings. The van der Waals surface area contributed by atoms with Crippen LogP contribution in [0.3, 0.4) is 0 Å². The number of hydrogen-bond donors (Lipinski definition) is 3. The smallest absolute Gasteiger partial charge is 0.322 e. The molecule has 0 aliphatic carbocycles. The topological polar surface area (TPSA) is 137 Å². The van der Waals surface area contributed by atoms with Crippen molar-refractivity contribution in [1.29, 1.82) is 5.26 Å². The van der Waals surface area contributed by atoms with Crippen LogP contribution in [0, 0.1) is 17.2 Å². The zero-order valence-corrected chi connectivity index (χ0v) is 27.0. The van der Waals surface area contributed by atoms with Gasteiger partial charge in [-0.15, -0.1) is 0 Å². The summed E-state index contributed by atoms with van der Waals surface area (Å²) >= 11 is 0. The molecule has 0 spiro atoms. The molecule has 1 atom stereocenters. The number of aryl methyl sites for hydroxylation is 1. The highest BCUT2D eigenvalue weighted by Crippen LogP contribution is 2.26. The van der Waals surface area contributed by atoms with E-state index in [0.717, 1.165) is 48.1 Å². The number of hydrogen-bond acceptors (Lipinski definition) is 8. The maximum Gasteiger partial charge on any atom is 0.322 e. The molecule has 244 valence electrons. The van der Waals surface area contributed by atoms with Crippen LogP contribution in [0.1, 0.15) is 43.7 Å². The number of nitrogens with one attached hydrogen (secondary N) is 3. The molecule has 2 aromatic carbocycles. The minimum Gasteiger partial charge on any atom is -0.377 e. The van der Waals surface area contributed by atoms with E-state index in [9.17, 15) is 14.9 Å². The molecule has 1 saturated heterocycles. The van der Waals surface area contributed by atoms with Crippen molar-refractivity contribution in [3.05, 3.63) is 101 Å². The molecule has 0 bridgehead atoms. The third-order valence-corrected chi connectivity index (χ3v) is 8.23. The number of rotatable bonds is 15. The first-order valence-electron chi connectivity index (χ1n) is 16.1. The third kappa shape index (κ3) is 9.17.